The third-order valence-corrected chi connectivity index (χ3v) is 2.05. The zero-order valence-electron chi connectivity index (χ0n) is 8.10. The van der Waals surface area contributed by atoms with Crippen molar-refractivity contribution in [3.05, 3.63) is 30.1 Å². The molecule has 14 heavy (non-hydrogen) atoms. The Morgan fingerprint density at radius 2 is 1.86 bits per heavy atom. The van der Waals surface area contributed by atoms with Crippen molar-refractivity contribution >= 4 is 5.69 Å². The number of anilines is 1. The van der Waals surface area contributed by atoms with Crippen LogP contribution in [0.15, 0.2) is 18.7 Å². The van der Waals surface area contributed by atoms with Crippen LogP contribution in [0, 0.1) is 13.8 Å². The van der Waals surface area contributed by atoms with Crippen LogP contribution in [0.5, 0.6) is 0 Å². The summed E-state index contributed by atoms with van der Waals surface area (Å²) in [5.41, 5.74) is 7.99. The van der Waals surface area contributed by atoms with Crippen molar-refractivity contribution < 1.29 is 0 Å². The van der Waals surface area contributed by atoms with Crippen LogP contribution >= 0.6 is 0 Å². The average molecular weight is 189 g/mol. The number of hydrogen-bond acceptors (Lipinski definition) is 4. The van der Waals surface area contributed by atoms with Crippen LogP contribution in [0.3, 0.4) is 0 Å². The van der Waals surface area contributed by atoms with Crippen molar-refractivity contribution in [2.75, 3.05) is 5.73 Å². The molecule has 2 heterocycles. The van der Waals surface area contributed by atoms with Crippen LogP contribution in [0.4, 0.5) is 5.69 Å². The molecule has 0 saturated carbocycles. The normalized spacial score (nSPS) is 10.4. The van der Waals surface area contributed by atoms with Crippen molar-refractivity contribution in [1.82, 2.24) is 19.5 Å². The van der Waals surface area contributed by atoms with Crippen LogP contribution < -0.4 is 5.73 Å². The highest BCUT2D eigenvalue weighted by molar-refractivity contribution is 5.47. The number of aryl methyl sites for hydroxylation is 2. The lowest BCUT2D eigenvalue weighted by molar-refractivity contribution is 0.897. The molecule has 0 amide bonds. The van der Waals surface area contributed by atoms with E-state index in [0.29, 0.717) is 11.6 Å². The molecule has 0 aliphatic rings. The molecule has 2 rings (SSSR count). The van der Waals surface area contributed by atoms with Crippen LogP contribution in [-0.2, 0) is 0 Å². The van der Waals surface area contributed by atoms with Crippen LogP contribution in [-0.4, -0.2) is 19.5 Å². The highest BCUT2D eigenvalue weighted by atomic mass is 15.2. The second-order valence-electron chi connectivity index (χ2n) is 3.08. The van der Waals surface area contributed by atoms with Crippen molar-refractivity contribution in [3.8, 4) is 5.95 Å². The summed E-state index contributed by atoms with van der Waals surface area (Å²) in [5.74, 6) is 0.603. The third kappa shape index (κ3) is 1.32. The monoisotopic (exact) mass is 189 g/mol. The summed E-state index contributed by atoms with van der Waals surface area (Å²) in [6.07, 6.45) is 5.14. The van der Waals surface area contributed by atoms with Crippen LogP contribution in [0.1, 0.15) is 11.4 Å². The summed E-state index contributed by atoms with van der Waals surface area (Å²) in [7, 11) is 0. The Morgan fingerprint density at radius 1 is 1.21 bits per heavy atom. The Labute approximate surface area is 81.6 Å². The minimum atomic E-state index is 0.603. The third-order valence-electron chi connectivity index (χ3n) is 2.05. The standard InChI is InChI=1S/C9H11N5/c1-6-8(10)7(2)13-9(12-6)14-4-3-11-5-14/h3-5H,10H2,1-2H3. The summed E-state index contributed by atoms with van der Waals surface area (Å²) in [4.78, 5) is 12.5. The molecule has 0 saturated heterocycles. The molecule has 2 aromatic heterocycles. The Balaban J connectivity index is 2.57. The molecule has 0 aliphatic heterocycles. The fourth-order valence-corrected chi connectivity index (χ4v) is 1.20. The van der Waals surface area contributed by atoms with Crippen molar-refractivity contribution in [2.45, 2.75) is 13.8 Å². The molecule has 2 aromatic rings. The maximum absolute atomic E-state index is 5.75. The van der Waals surface area contributed by atoms with Gasteiger partial charge in [-0.15, -0.1) is 0 Å². The second kappa shape index (κ2) is 3.10. The molecule has 0 atom stereocenters. The van der Waals surface area contributed by atoms with E-state index in [1.165, 1.54) is 0 Å². The number of nitrogens with zero attached hydrogens (tertiary/aromatic N) is 4. The molecule has 0 bridgehead atoms. The molecule has 0 spiro atoms. The Hall–Kier alpha value is -1.91. The Morgan fingerprint density at radius 3 is 2.36 bits per heavy atom. The van der Waals surface area contributed by atoms with Gasteiger partial charge in [0.1, 0.15) is 6.33 Å². The highest BCUT2D eigenvalue weighted by Gasteiger charge is 2.05. The predicted octanol–water partition coefficient (Wildman–Crippen LogP) is 0.861. The minimum absolute atomic E-state index is 0.603. The van der Waals surface area contributed by atoms with Gasteiger partial charge in [-0.1, -0.05) is 0 Å². The summed E-state index contributed by atoms with van der Waals surface area (Å²) in [6.45, 7) is 3.73. The molecule has 0 aromatic carbocycles. The molecule has 0 unspecified atom stereocenters. The van der Waals surface area contributed by atoms with Gasteiger partial charge in [0.15, 0.2) is 0 Å². The minimum Gasteiger partial charge on any atom is -0.396 e. The fourth-order valence-electron chi connectivity index (χ4n) is 1.20. The maximum Gasteiger partial charge on any atom is 0.235 e. The van der Waals surface area contributed by atoms with Crippen molar-refractivity contribution in [1.29, 1.82) is 0 Å². The molecule has 5 nitrogen and oxygen atoms in total. The number of aromatic nitrogens is 4. The van der Waals surface area contributed by atoms with Gasteiger partial charge < -0.3 is 5.73 Å². The zero-order chi connectivity index (χ0) is 10.1. The van der Waals surface area contributed by atoms with E-state index < -0.39 is 0 Å². The van der Waals surface area contributed by atoms with E-state index in [9.17, 15) is 0 Å². The van der Waals surface area contributed by atoms with Gasteiger partial charge in [-0.2, -0.15) is 0 Å². The van der Waals surface area contributed by atoms with Crippen molar-refractivity contribution in [3.63, 3.8) is 0 Å². The first kappa shape index (κ1) is 8.68. The van der Waals surface area contributed by atoms with E-state index in [4.69, 9.17) is 5.73 Å². The maximum atomic E-state index is 5.75. The molecule has 72 valence electrons. The SMILES string of the molecule is Cc1nc(-n2ccnc2)nc(C)c1N. The smallest absolute Gasteiger partial charge is 0.235 e. The molecule has 2 N–H and O–H groups in total. The van der Waals surface area contributed by atoms with Gasteiger partial charge >= 0.3 is 0 Å². The van der Waals surface area contributed by atoms with E-state index in [0.717, 1.165) is 11.4 Å². The quantitative estimate of drug-likeness (QED) is 0.722. The van der Waals surface area contributed by atoms with E-state index in [1.807, 2.05) is 13.8 Å². The van der Waals surface area contributed by atoms with Gasteiger partial charge in [0.05, 0.1) is 17.1 Å². The molecule has 0 radical (unpaired) electrons. The predicted molar refractivity (Wildman–Crippen MR) is 53.0 cm³/mol. The number of hydrogen-bond donors (Lipinski definition) is 1. The average Bonchev–Trinajstić information content (AvgIpc) is 2.66. The van der Waals surface area contributed by atoms with Gasteiger partial charge in [-0.25, -0.2) is 15.0 Å². The summed E-state index contributed by atoms with van der Waals surface area (Å²) >= 11 is 0. The highest BCUT2D eigenvalue weighted by Crippen LogP contribution is 2.13. The second-order valence-corrected chi connectivity index (χ2v) is 3.08. The van der Waals surface area contributed by atoms with Gasteiger partial charge in [-0.05, 0) is 13.8 Å². The number of imidazole rings is 1. The van der Waals surface area contributed by atoms with Crippen LogP contribution in [0.25, 0.3) is 5.95 Å². The van der Waals surface area contributed by atoms with Gasteiger partial charge in [0.25, 0.3) is 0 Å². The lowest BCUT2D eigenvalue weighted by Crippen LogP contribution is -2.06. The molecule has 5 heteroatoms. The molecular weight excluding hydrogens is 178 g/mol. The number of rotatable bonds is 1. The number of nitrogens with two attached hydrogens (primary N) is 1. The molecular formula is C9H11N5. The van der Waals surface area contributed by atoms with E-state index in [-0.39, 0.29) is 0 Å². The topological polar surface area (TPSA) is 69.6 Å². The summed E-state index contributed by atoms with van der Waals surface area (Å²) in [6, 6.07) is 0. The van der Waals surface area contributed by atoms with Gasteiger partial charge in [-0.3, -0.25) is 4.57 Å². The Bertz CT molecular complexity index is 423. The van der Waals surface area contributed by atoms with Gasteiger partial charge in [0.2, 0.25) is 5.95 Å². The van der Waals surface area contributed by atoms with E-state index in [1.54, 1.807) is 23.3 Å². The first-order chi connectivity index (χ1) is 6.68. The zero-order valence-corrected chi connectivity index (χ0v) is 8.10. The first-order valence-electron chi connectivity index (χ1n) is 4.27. The lowest BCUT2D eigenvalue weighted by atomic mass is 10.3. The van der Waals surface area contributed by atoms with Crippen LogP contribution in [0.2, 0.25) is 0 Å². The number of nitrogen functional groups attached to an aromatic ring is 1. The summed E-state index contributed by atoms with van der Waals surface area (Å²) in [5, 5.41) is 0. The van der Waals surface area contributed by atoms with Gasteiger partial charge in [0, 0.05) is 12.4 Å². The lowest BCUT2D eigenvalue weighted by Gasteiger charge is -2.06. The van der Waals surface area contributed by atoms with E-state index >= 15 is 0 Å². The molecule has 0 aliphatic carbocycles. The largest absolute Gasteiger partial charge is 0.396 e. The molecule has 0 fully saturated rings. The Kier molecular flexibility index (Phi) is 1.92. The fraction of sp³-hybridized carbons (Fsp3) is 0.222. The van der Waals surface area contributed by atoms with Crippen molar-refractivity contribution in [2.24, 2.45) is 0 Å². The first-order valence-corrected chi connectivity index (χ1v) is 4.27. The summed E-state index contributed by atoms with van der Waals surface area (Å²) < 4.78 is 1.75. The van der Waals surface area contributed by atoms with E-state index in [2.05, 4.69) is 15.0 Å².